The van der Waals surface area contributed by atoms with E-state index in [9.17, 15) is 4.79 Å². The Morgan fingerprint density at radius 3 is 2.68 bits per heavy atom. The number of carbonyl (C=O) groups is 1. The highest BCUT2D eigenvalue weighted by atomic mass is 32.2. The summed E-state index contributed by atoms with van der Waals surface area (Å²) >= 11 is 2.00. The van der Waals surface area contributed by atoms with E-state index < -0.39 is 6.09 Å². The maximum absolute atomic E-state index is 10.8. The first-order valence-electron chi connectivity index (χ1n) is 6.74. The summed E-state index contributed by atoms with van der Waals surface area (Å²) in [6.45, 7) is 1.38. The first-order valence-corrected chi connectivity index (χ1v) is 7.79. The van der Waals surface area contributed by atoms with E-state index in [4.69, 9.17) is 5.11 Å². The van der Waals surface area contributed by atoms with Gasteiger partial charge in [-0.1, -0.05) is 0 Å². The molecule has 1 fully saturated rings. The largest absolute Gasteiger partial charge is 0.465 e. The van der Waals surface area contributed by atoms with Crippen LogP contribution in [0.2, 0.25) is 0 Å². The van der Waals surface area contributed by atoms with Crippen molar-refractivity contribution < 1.29 is 9.90 Å². The summed E-state index contributed by atoms with van der Waals surface area (Å²) in [7, 11) is 0. The molecule has 1 aliphatic heterocycles. The van der Waals surface area contributed by atoms with Crippen molar-refractivity contribution in [2.24, 2.45) is 0 Å². The summed E-state index contributed by atoms with van der Waals surface area (Å²) < 4.78 is 0. The second kappa shape index (κ2) is 7.38. The van der Waals surface area contributed by atoms with E-state index in [0.717, 1.165) is 25.0 Å². The Hall–Kier alpha value is -1.23. The lowest BCUT2D eigenvalue weighted by atomic mass is 10.1. The fourth-order valence-electron chi connectivity index (χ4n) is 2.29. The zero-order valence-electron chi connectivity index (χ0n) is 11.0. The summed E-state index contributed by atoms with van der Waals surface area (Å²) in [5.74, 6) is 1.15. The van der Waals surface area contributed by atoms with E-state index >= 15 is 0 Å². The highest BCUT2D eigenvalue weighted by Crippen LogP contribution is 2.24. The lowest BCUT2D eigenvalue weighted by Gasteiger charge is -2.29. The first kappa shape index (κ1) is 14.2. The molecule has 1 aliphatic rings. The summed E-state index contributed by atoms with van der Waals surface area (Å²) in [6, 6.07) is 4.13. The maximum Gasteiger partial charge on any atom is 0.407 e. The Bertz CT molecular complexity index is 392. The predicted molar refractivity (Wildman–Crippen MR) is 77.6 cm³/mol. The van der Waals surface area contributed by atoms with Crippen LogP contribution >= 0.6 is 11.8 Å². The van der Waals surface area contributed by atoms with Crippen LogP contribution in [-0.2, 0) is 6.42 Å². The van der Waals surface area contributed by atoms with Gasteiger partial charge in [-0.15, -0.1) is 0 Å². The second-order valence-corrected chi connectivity index (χ2v) is 6.21. The molecule has 2 heterocycles. The van der Waals surface area contributed by atoms with Crippen molar-refractivity contribution in [3.8, 4) is 0 Å². The lowest BCUT2D eigenvalue weighted by Crippen LogP contribution is -2.38. The summed E-state index contributed by atoms with van der Waals surface area (Å²) in [6.07, 6.45) is 7.16. The lowest BCUT2D eigenvalue weighted by molar-refractivity contribution is 0.136. The Kier molecular flexibility index (Phi) is 5.51. The van der Waals surface area contributed by atoms with E-state index in [2.05, 4.69) is 17.1 Å². The minimum Gasteiger partial charge on any atom is -0.465 e. The molecule has 0 atom stereocenters. The molecule has 0 aromatic carbocycles. The second-order valence-electron chi connectivity index (χ2n) is 4.80. The third kappa shape index (κ3) is 4.74. The number of thioether (sulfide) groups is 1. The number of aryl methyl sites for hydroxylation is 1. The van der Waals surface area contributed by atoms with Gasteiger partial charge >= 0.3 is 6.09 Å². The third-order valence-corrected chi connectivity index (χ3v) is 4.89. The molecule has 0 aliphatic carbocycles. The molecule has 1 amide bonds. The molecule has 0 bridgehead atoms. The van der Waals surface area contributed by atoms with Crippen molar-refractivity contribution in [3.63, 3.8) is 0 Å². The van der Waals surface area contributed by atoms with E-state index in [0.29, 0.717) is 18.3 Å². The molecule has 104 valence electrons. The van der Waals surface area contributed by atoms with E-state index in [1.807, 2.05) is 24.2 Å². The van der Waals surface area contributed by atoms with Gasteiger partial charge in [0, 0.05) is 30.7 Å². The molecule has 2 rings (SSSR count). The number of aromatic nitrogens is 1. The van der Waals surface area contributed by atoms with E-state index in [1.165, 1.54) is 16.9 Å². The van der Waals surface area contributed by atoms with Crippen LogP contribution in [0.1, 0.15) is 24.8 Å². The maximum atomic E-state index is 10.8. The number of piperidine rings is 1. The molecule has 1 aromatic heterocycles. The van der Waals surface area contributed by atoms with Gasteiger partial charge in [0.1, 0.15) is 0 Å². The fraction of sp³-hybridized carbons (Fsp3) is 0.571. The van der Waals surface area contributed by atoms with Crippen LogP contribution in [0.4, 0.5) is 4.79 Å². The van der Waals surface area contributed by atoms with Gasteiger partial charge in [0.15, 0.2) is 0 Å². The number of pyridine rings is 1. The van der Waals surface area contributed by atoms with Gasteiger partial charge in [0.05, 0.1) is 0 Å². The van der Waals surface area contributed by atoms with Gasteiger partial charge in [-0.05, 0) is 49.1 Å². The van der Waals surface area contributed by atoms with Gasteiger partial charge in [-0.25, -0.2) is 4.79 Å². The monoisotopic (exact) mass is 280 g/mol. The number of rotatable bonds is 5. The smallest absolute Gasteiger partial charge is 0.407 e. The molecule has 1 aromatic rings. The molecule has 1 N–H and O–H groups in total. The topological polar surface area (TPSA) is 53.4 Å². The predicted octanol–water partition coefficient (Wildman–Crippen LogP) is 2.89. The zero-order chi connectivity index (χ0) is 13.5. The van der Waals surface area contributed by atoms with Crippen LogP contribution in [0.5, 0.6) is 0 Å². The van der Waals surface area contributed by atoms with Gasteiger partial charge in [0.25, 0.3) is 0 Å². The average Bonchev–Trinajstić information content (AvgIpc) is 2.45. The molecule has 5 heteroatoms. The quantitative estimate of drug-likeness (QED) is 0.843. The van der Waals surface area contributed by atoms with E-state index in [-0.39, 0.29) is 0 Å². The Morgan fingerprint density at radius 1 is 1.37 bits per heavy atom. The minimum atomic E-state index is -0.777. The molecule has 0 unspecified atom stereocenters. The highest BCUT2D eigenvalue weighted by Gasteiger charge is 2.21. The molecule has 19 heavy (non-hydrogen) atoms. The summed E-state index contributed by atoms with van der Waals surface area (Å²) in [5, 5.41) is 9.51. The number of likely N-dealkylation sites (tertiary alicyclic amines) is 1. The molecule has 0 radical (unpaired) electrons. The van der Waals surface area contributed by atoms with Crippen LogP contribution in [0.15, 0.2) is 24.5 Å². The molecular weight excluding hydrogens is 260 g/mol. The van der Waals surface area contributed by atoms with Crippen molar-refractivity contribution in [3.05, 3.63) is 30.1 Å². The molecule has 4 nitrogen and oxygen atoms in total. The Morgan fingerprint density at radius 2 is 2.05 bits per heavy atom. The molecule has 1 saturated heterocycles. The standard InChI is InChI=1S/C14H20N2O2S/c17-14(18)16-9-5-13(6-10-16)19-11-1-2-12-3-7-15-8-4-12/h3-4,7-8,13H,1-2,5-6,9-11H2,(H,17,18). The minimum absolute atomic E-state index is 0.632. The number of amides is 1. The Balaban J connectivity index is 1.58. The van der Waals surface area contributed by atoms with Gasteiger partial charge < -0.3 is 10.0 Å². The van der Waals surface area contributed by atoms with Gasteiger partial charge in [-0.3, -0.25) is 4.98 Å². The van der Waals surface area contributed by atoms with Crippen molar-refractivity contribution >= 4 is 17.9 Å². The van der Waals surface area contributed by atoms with Crippen molar-refractivity contribution in [1.82, 2.24) is 9.88 Å². The zero-order valence-corrected chi connectivity index (χ0v) is 11.8. The highest BCUT2D eigenvalue weighted by molar-refractivity contribution is 7.99. The summed E-state index contributed by atoms with van der Waals surface area (Å²) in [5.41, 5.74) is 1.34. The fourth-order valence-corrected chi connectivity index (χ4v) is 3.48. The van der Waals surface area contributed by atoms with Crippen molar-refractivity contribution in [2.45, 2.75) is 30.9 Å². The SMILES string of the molecule is O=C(O)N1CCC(SCCCc2ccncc2)CC1. The molecule has 0 saturated carbocycles. The van der Waals surface area contributed by atoms with Crippen molar-refractivity contribution in [1.29, 1.82) is 0 Å². The average molecular weight is 280 g/mol. The van der Waals surface area contributed by atoms with Crippen LogP contribution in [0, 0.1) is 0 Å². The first-order chi connectivity index (χ1) is 9.25. The number of hydrogen-bond donors (Lipinski definition) is 1. The normalized spacial score (nSPS) is 16.5. The molecule has 0 spiro atoms. The Labute approximate surface area is 118 Å². The van der Waals surface area contributed by atoms with Crippen molar-refractivity contribution in [2.75, 3.05) is 18.8 Å². The van der Waals surface area contributed by atoms with Crippen LogP contribution in [0.25, 0.3) is 0 Å². The van der Waals surface area contributed by atoms with E-state index in [1.54, 1.807) is 0 Å². The summed E-state index contributed by atoms with van der Waals surface area (Å²) in [4.78, 5) is 16.3. The van der Waals surface area contributed by atoms with Crippen LogP contribution in [-0.4, -0.2) is 45.2 Å². The van der Waals surface area contributed by atoms with Crippen LogP contribution < -0.4 is 0 Å². The molecular formula is C14H20N2O2S. The van der Waals surface area contributed by atoms with Gasteiger partial charge in [-0.2, -0.15) is 11.8 Å². The number of nitrogens with zero attached hydrogens (tertiary/aromatic N) is 2. The van der Waals surface area contributed by atoms with Gasteiger partial charge in [0.2, 0.25) is 0 Å². The third-order valence-electron chi connectivity index (χ3n) is 3.43. The number of hydrogen-bond acceptors (Lipinski definition) is 3. The number of carboxylic acid groups (broad SMARTS) is 1. The van der Waals surface area contributed by atoms with Crippen LogP contribution in [0.3, 0.4) is 0 Å².